The summed E-state index contributed by atoms with van der Waals surface area (Å²) in [6.45, 7) is 2.62. The lowest BCUT2D eigenvalue weighted by atomic mass is 10.1. The average molecular weight is 156 g/mol. The van der Waals surface area contributed by atoms with Crippen LogP contribution in [-0.4, -0.2) is 17.5 Å². The summed E-state index contributed by atoms with van der Waals surface area (Å²) < 4.78 is 0. The van der Waals surface area contributed by atoms with Crippen LogP contribution in [0, 0.1) is 4.91 Å². The van der Waals surface area contributed by atoms with Crippen molar-refractivity contribution in [2.45, 2.75) is 38.6 Å². The van der Waals surface area contributed by atoms with Crippen LogP contribution in [0.5, 0.6) is 0 Å². The molecular weight excluding hydrogens is 142 g/mol. The van der Waals surface area contributed by atoms with Crippen LogP contribution >= 0.6 is 0 Å². The highest BCUT2D eigenvalue weighted by molar-refractivity contribution is 4.63. The molecule has 1 aliphatic heterocycles. The Morgan fingerprint density at radius 2 is 2.36 bits per heavy atom. The summed E-state index contributed by atoms with van der Waals surface area (Å²) in [5.41, 5.74) is 0. The molecule has 0 aromatic heterocycles. The maximum Gasteiger partial charge on any atom is 0.210 e. The van der Waals surface area contributed by atoms with Crippen LogP contribution < -0.4 is 0 Å². The zero-order valence-electron chi connectivity index (χ0n) is 6.86. The molecule has 0 aromatic rings. The summed E-state index contributed by atoms with van der Waals surface area (Å²) in [5.74, 6) is 0. The Hall–Kier alpha value is -0.800. The molecule has 0 aromatic carbocycles. The van der Waals surface area contributed by atoms with Crippen molar-refractivity contribution < 1.29 is 4.87 Å². The Kier molecular flexibility index (Phi) is 3.14. The molecule has 0 saturated carbocycles. The van der Waals surface area contributed by atoms with Gasteiger partial charge in [-0.1, -0.05) is 19.8 Å². The molecule has 1 unspecified atom stereocenters. The molecule has 0 fully saturated rings. The Morgan fingerprint density at radius 3 is 2.91 bits per heavy atom. The quantitative estimate of drug-likeness (QED) is 0.454. The number of hydrogen-bond donors (Lipinski definition) is 0. The van der Waals surface area contributed by atoms with Gasteiger partial charge in [-0.05, 0) is 17.7 Å². The molecule has 0 bridgehead atoms. The summed E-state index contributed by atoms with van der Waals surface area (Å²) in [6, 6.07) is 0.166. The third-order valence-electron chi connectivity index (χ3n) is 1.82. The van der Waals surface area contributed by atoms with E-state index in [-0.39, 0.29) is 6.04 Å². The van der Waals surface area contributed by atoms with E-state index in [1.54, 1.807) is 0 Å². The van der Waals surface area contributed by atoms with Crippen molar-refractivity contribution in [3.05, 3.63) is 4.91 Å². The van der Waals surface area contributed by atoms with Crippen LogP contribution in [-0.2, 0) is 0 Å². The van der Waals surface area contributed by atoms with Crippen LogP contribution in [0.15, 0.2) is 10.3 Å². The Labute approximate surface area is 66.2 Å². The van der Waals surface area contributed by atoms with Crippen molar-refractivity contribution in [3.8, 4) is 0 Å². The lowest BCUT2D eigenvalue weighted by Gasteiger charge is -1.95. The van der Waals surface area contributed by atoms with Gasteiger partial charge in [-0.25, -0.2) is 0 Å². The SMILES string of the molecule is CCCCCC1C[N+](=O)N=N1. The fourth-order valence-electron chi connectivity index (χ4n) is 1.16. The fourth-order valence-corrected chi connectivity index (χ4v) is 1.16. The molecule has 4 nitrogen and oxygen atoms in total. The maximum atomic E-state index is 10.5. The van der Waals surface area contributed by atoms with Gasteiger partial charge >= 0.3 is 0 Å². The van der Waals surface area contributed by atoms with Gasteiger partial charge in [0.15, 0.2) is 5.22 Å². The van der Waals surface area contributed by atoms with E-state index in [2.05, 4.69) is 17.3 Å². The average Bonchev–Trinajstić information content (AvgIpc) is 2.37. The van der Waals surface area contributed by atoms with Crippen LogP contribution in [0.3, 0.4) is 0 Å². The van der Waals surface area contributed by atoms with Crippen molar-refractivity contribution in [3.63, 3.8) is 0 Å². The summed E-state index contributed by atoms with van der Waals surface area (Å²) >= 11 is 0. The first-order valence-corrected chi connectivity index (χ1v) is 4.18. The fraction of sp³-hybridized carbons (Fsp3) is 1.00. The molecule has 1 heterocycles. The van der Waals surface area contributed by atoms with Gasteiger partial charge in [0, 0.05) is 5.11 Å². The molecule has 4 heteroatoms. The van der Waals surface area contributed by atoms with E-state index in [1.165, 1.54) is 12.8 Å². The minimum Gasteiger partial charge on any atom is -0.0654 e. The zero-order chi connectivity index (χ0) is 8.10. The molecule has 0 spiro atoms. The molecule has 62 valence electrons. The molecule has 0 amide bonds. The van der Waals surface area contributed by atoms with Gasteiger partial charge in [-0.3, -0.25) is 0 Å². The first-order chi connectivity index (χ1) is 5.33. The monoisotopic (exact) mass is 156 g/mol. The standard InChI is InChI=1S/C7H14N3O/c1-2-3-4-5-7-6-10(11)9-8-7/h7H,2-6H2,1H3/q+1. The van der Waals surface area contributed by atoms with E-state index in [0.29, 0.717) is 11.4 Å². The maximum absolute atomic E-state index is 10.5. The van der Waals surface area contributed by atoms with Crippen molar-refractivity contribution in [2.75, 3.05) is 6.54 Å². The second-order valence-electron chi connectivity index (χ2n) is 2.89. The smallest absolute Gasteiger partial charge is 0.0654 e. The van der Waals surface area contributed by atoms with E-state index in [9.17, 15) is 4.91 Å². The lowest BCUT2D eigenvalue weighted by Crippen LogP contribution is -2.10. The Morgan fingerprint density at radius 1 is 1.55 bits per heavy atom. The van der Waals surface area contributed by atoms with Gasteiger partial charge in [0.05, 0.1) is 4.87 Å². The molecule has 0 N–H and O–H groups in total. The first kappa shape index (κ1) is 8.30. The third-order valence-corrected chi connectivity index (χ3v) is 1.82. The second kappa shape index (κ2) is 4.16. The third kappa shape index (κ3) is 2.74. The minimum atomic E-state index is 0.166. The lowest BCUT2D eigenvalue weighted by molar-refractivity contribution is -0.547. The Balaban J connectivity index is 2.09. The van der Waals surface area contributed by atoms with Crippen molar-refractivity contribution in [1.29, 1.82) is 0 Å². The van der Waals surface area contributed by atoms with E-state index >= 15 is 0 Å². The predicted molar refractivity (Wildman–Crippen MR) is 41.3 cm³/mol. The van der Waals surface area contributed by atoms with Gasteiger partial charge in [-0.15, -0.1) is 0 Å². The molecule has 1 aliphatic rings. The number of hydrogen-bond acceptors (Lipinski definition) is 2. The van der Waals surface area contributed by atoms with Crippen LogP contribution in [0.1, 0.15) is 32.6 Å². The number of nitroso groups, excluding NO2 is 1. The van der Waals surface area contributed by atoms with Gasteiger partial charge in [0.2, 0.25) is 12.6 Å². The van der Waals surface area contributed by atoms with Crippen LogP contribution in [0.4, 0.5) is 0 Å². The van der Waals surface area contributed by atoms with Crippen LogP contribution in [0.2, 0.25) is 0 Å². The minimum absolute atomic E-state index is 0.166. The molecule has 0 saturated heterocycles. The topological polar surface area (TPSA) is 44.8 Å². The first-order valence-electron chi connectivity index (χ1n) is 4.18. The number of rotatable bonds is 4. The molecule has 1 atom stereocenters. The highest BCUT2D eigenvalue weighted by Crippen LogP contribution is 2.11. The van der Waals surface area contributed by atoms with Gasteiger partial charge < -0.3 is 0 Å². The second-order valence-corrected chi connectivity index (χ2v) is 2.89. The predicted octanol–water partition coefficient (Wildman–Crippen LogP) is 2.10. The molecule has 1 rings (SSSR count). The summed E-state index contributed by atoms with van der Waals surface area (Å²) in [4.78, 5) is 11.2. The molecule has 11 heavy (non-hydrogen) atoms. The molecule has 0 radical (unpaired) electrons. The highest BCUT2D eigenvalue weighted by atomic mass is 16.3. The zero-order valence-corrected chi connectivity index (χ0v) is 6.86. The Bertz CT molecular complexity index is 167. The summed E-state index contributed by atoms with van der Waals surface area (Å²) in [5, 5.41) is 7.23. The van der Waals surface area contributed by atoms with Gasteiger partial charge in [0.1, 0.15) is 0 Å². The molecular formula is C7H14N3O+. The largest absolute Gasteiger partial charge is 0.210 e. The van der Waals surface area contributed by atoms with E-state index in [4.69, 9.17) is 0 Å². The van der Waals surface area contributed by atoms with Crippen LogP contribution in [0.25, 0.3) is 0 Å². The van der Waals surface area contributed by atoms with Crippen molar-refractivity contribution in [2.24, 2.45) is 10.3 Å². The molecule has 0 aliphatic carbocycles. The highest BCUT2D eigenvalue weighted by Gasteiger charge is 2.26. The number of unbranched alkanes of at least 4 members (excludes halogenated alkanes) is 2. The van der Waals surface area contributed by atoms with E-state index in [0.717, 1.165) is 12.8 Å². The van der Waals surface area contributed by atoms with Gasteiger partial charge in [0.25, 0.3) is 0 Å². The summed E-state index contributed by atoms with van der Waals surface area (Å²) in [7, 11) is 0. The summed E-state index contributed by atoms with van der Waals surface area (Å²) in [6.07, 6.45) is 4.61. The van der Waals surface area contributed by atoms with E-state index in [1.807, 2.05) is 0 Å². The van der Waals surface area contributed by atoms with E-state index < -0.39 is 0 Å². The normalized spacial score (nSPS) is 23.0. The van der Waals surface area contributed by atoms with Gasteiger partial charge in [-0.2, -0.15) is 0 Å². The van der Waals surface area contributed by atoms with Crippen molar-refractivity contribution >= 4 is 0 Å². The van der Waals surface area contributed by atoms with Crippen molar-refractivity contribution in [1.82, 2.24) is 0 Å². The number of nitrogens with zero attached hydrogens (tertiary/aromatic N) is 3.